The first kappa shape index (κ1) is 18.5. The maximum Gasteiger partial charge on any atom is 0.242 e. The zero-order valence-corrected chi connectivity index (χ0v) is 15.8. The summed E-state index contributed by atoms with van der Waals surface area (Å²) in [5.74, 6) is 0.564. The van der Waals surface area contributed by atoms with Crippen LogP contribution in [0.15, 0.2) is 48.5 Å². The van der Waals surface area contributed by atoms with E-state index in [4.69, 9.17) is 4.74 Å². The van der Waals surface area contributed by atoms with E-state index in [0.29, 0.717) is 30.8 Å². The molecule has 0 bridgehead atoms. The minimum absolute atomic E-state index is 0.0926. The Labute approximate surface area is 164 Å². The van der Waals surface area contributed by atoms with E-state index >= 15 is 0 Å². The topological polar surface area (TPSA) is 82.7 Å². The molecule has 2 aromatic carbocycles. The number of hydrogen-bond donors (Lipinski definition) is 3. The molecule has 2 aromatic rings. The number of rotatable bonds is 5. The summed E-state index contributed by atoms with van der Waals surface area (Å²) < 4.78 is 5.46. The standard InChI is InChI=1S/C21H24N4O3/c1-28-19-12-15(9-10-18(19)25-11-5-8-20(25)26)22-21(27)17-13-16(23-24-17)14-6-3-2-4-7-14/h2-4,6-7,9-10,12,16-17,23-24H,5,8,11,13H2,1H3,(H,22,27). The molecule has 4 rings (SSSR count). The SMILES string of the molecule is COc1cc(NC(=O)C2CC(c3ccccc3)NN2)ccc1N1CCCC1=O. The van der Waals surface area contributed by atoms with E-state index in [0.717, 1.165) is 17.7 Å². The second kappa shape index (κ2) is 8.00. The fourth-order valence-corrected chi connectivity index (χ4v) is 3.74. The second-order valence-electron chi connectivity index (χ2n) is 7.07. The fourth-order valence-electron chi connectivity index (χ4n) is 3.74. The van der Waals surface area contributed by atoms with Gasteiger partial charge < -0.3 is 15.0 Å². The summed E-state index contributed by atoms with van der Waals surface area (Å²) in [6.07, 6.45) is 2.07. The summed E-state index contributed by atoms with van der Waals surface area (Å²) >= 11 is 0. The molecule has 2 aliphatic rings. The quantitative estimate of drug-likeness (QED) is 0.742. The van der Waals surface area contributed by atoms with Crippen molar-refractivity contribution in [1.29, 1.82) is 0 Å². The predicted molar refractivity (Wildman–Crippen MR) is 107 cm³/mol. The number of methoxy groups -OCH3 is 1. The average Bonchev–Trinajstić information content (AvgIpc) is 3.38. The summed E-state index contributed by atoms with van der Waals surface area (Å²) in [6.45, 7) is 0.694. The summed E-state index contributed by atoms with van der Waals surface area (Å²) in [7, 11) is 1.57. The lowest BCUT2D eigenvalue weighted by Gasteiger charge is -2.20. The van der Waals surface area contributed by atoms with Crippen molar-refractivity contribution in [1.82, 2.24) is 10.9 Å². The van der Waals surface area contributed by atoms with Crippen LogP contribution in [0.1, 0.15) is 30.9 Å². The van der Waals surface area contributed by atoms with Gasteiger partial charge in [0, 0.05) is 30.8 Å². The van der Waals surface area contributed by atoms with Crippen molar-refractivity contribution in [3.63, 3.8) is 0 Å². The monoisotopic (exact) mass is 380 g/mol. The first-order chi connectivity index (χ1) is 13.7. The van der Waals surface area contributed by atoms with E-state index in [9.17, 15) is 9.59 Å². The minimum atomic E-state index is -0.337. The summed E-state index contributed by atoms with van der Waals surface area (Å²) in [5, 5.41) is 2.93. The number of carbonyl (C=O) groups excluding carboxylic acids is 2. The Kier molecular flexibility index (Phi) is 5.27. The van der Waals surface area contributed by atoms with Crippen LogP contribution in [-0.2, 0) is 9.59 Å². The van der Waals surface area contributed by atoms with Crippen LogP contribution in [0, 0.1) is 0 Å². The lowest BCUT2D eigenvalue weighted by atomic mass is 10.0. The highest BCUT2D eigenvalue weighted by atomic mass is 16.5. The van der Waals surface area contributed by atoms with Gasteiger partial charge in [0.1, 0.15) is 11.8 Å². The highest BCUT2D eigenvalue weighted by Gasteiger charge is 2.30. The van der Waals surface area contributed by atoms with Gasteiger partial charge in [0.2, 0.25) is 11.8 Å². The number of benzene rings is 2. The Morgan fingerprint density at radius 1 is 1.18 bits per heavy atom. The molecule has 146 valence electrons. The molecule has 7 heteroatoms. The van der Waals surface area contributed by atoms with Crippen LogP contribution >= 0.6 is 0 Å². The maximum atomic E-state index is 12.7. The average molecular weight is 380 g/mol. The van der Waals surface area contributed by atoms with Gasteiger partial charge in [-0.3, -0.25) is 9.59 Å². The third-order valence-electron chi connectivity index (χ3n) is 5.23. The molecule has 2 atom stereocenters. The van der Waals surface area contributed by atoms with Gasteiger partial charge in [-0.1, -0.05) is 30.3 Å². The number of amides is 2. The summed E-state index contributed by atoms with van der Waals surface area (Å²) in [6, 6.07) is 15.2. The largest absolute Gasteiger partial charge is 0.494 e. The van der Waals surface area contributed by atoms with Crippen LogP contribution < -0.4 is 25.8 Å². The molecular weight excluding hydrogens is 356 g/mol. The Balaban J connectivity index is 1.43. The Bertz CT molecular complexity index is 871. The van der Waals surface area contributed by atoms with Gasteiger partial charge in [0.15, 0.2) is 0 Å². The van der Waals surface area contributed by atoms with Gasteiger partial charge in [-0.15, -0.1) is 0 Å². The number of carbonyl (C=O) groups is 2. The molecule has 0 aromatic heterocycles. The second-order valence-corrected chi connectivity index (χ2v) is 7.07. The van der Waals surface area contributed by atoms with E-state index in [2.05, 4.69) is 16.2 Å². The van der Waals surface area contributed by atoms with Crippen LogP contribution in [0.25, 0.3) is 0 Å². The number of hydrogen-bond acceptors (Lipinski definition) is 5. The van der Waals surface area contributed by atoms with Crippen molar-refractivity contribution >= 4 is 23.2 Å². The number of anilines is 2. The van der Waals surface area contributed by atoms with Gasteiger partial charge in [-0.05, 0) is 30.5 Å². The highest BCUT2D eigenvalue weighted by Crippen LogP contribution is 2.34. The van der Waals surface area contributed by atoms with Crippen molar-refractivity contribution in [2.24, 2.45) is 0 Å². The van der Waals surface area contributed by atoms with Crippen molar-refractivity contribution in [3.8, 4) is 5.75 Å². The number of ether oxygens (including phenoxy) is 1. The molecular formula is C21H24N4O3. The Hall–Kier alpha value is -2.90. The van der Waals surface area contributed by atoms with E-state index in [-0.39, 0.29) is 23.9 Å². The molecule has 2 amide bonds. The predicted octanol–water partition coefficient (Wildman–Crippen LogP) is 2.37. The van der Waals surface area contributed by atoms with Gasteiger partial charge in [0.05, 0.1) is 12.8 Å². The molecule has 0 aliphatic carbocycles. The summed E-state index contributed by atoms with van der Waals surface area (Å²) in [5.41, 5.74) is 8.78. The molecule has 2 fully saturated rings. The van der Waals surface area contributed by atoms with E-state index in [1.54, 1.807) is 24.1 Å². The molecule has 0 saturated carbocycles. The molecule has 2 saturated heterocycles. The van der Waals surface area contributed by atoms with Gasteiger partial charge in [-0.25, -0.2) is 10.9 Å². The van der Waals surface area contributed by atoms with Crippen molar-refractivity contribution in [2.45, 2.75) is 31.3 Å². The van der Waals surface area contributed by atoms with Crippen molar-refractivity contribution in [3.05, 3.63) is 54.1 Å². The van der Waals surface area contributed by atoms with Crippen LogP contribution in [0.2, 0.25) is 0 Å². The molecule has 2 unspecified atom stereocenters. The summed E-state index contributed by atoms with van der Waals surface area (Å²) in [4.78, 5) is 26.4. The van der Waals surface area contributed by atoms with Crippen molar-refractivity contribution < 1.29 is 14.3 Å². The third kappa shape index (κ3) is 3.72. The molecule has 0 radical (unpaired) electrons. The smallest absolute Gasteiger partial charge is 0.242 e. The van der Waals surface area contributed by atoms with Crippen LogP contribution in [0.4, 0.5) is 11.4 Å². The maximum absolute atomic E-state index is 12.7. The molecule has 3 N–H and O–H groups in total. The van der Waals surface area contributed by atoms with Gasteiger partial charge in [0.25, 0.3) is 0 Å². The zero-order chi connectivity index (χ0) is 19.5. The molecule has 2 heterocycles. The zero-order valence-electron chi connectivity index (χ0n) is 15.8. The van der Waals surface area contributed by atoms with Crippen molar-refractivity contribution in [2.75, 3.05) is 23.9 Å². The normalized spacial score (nSPS) is 21.8. The van der Waals surface area contributed by atoms with Crippen LogP contribution in [0.5, 0.6) is 5.75 Å². The third-order valence-corrected chi connectivity index (χ3v) is 5.23. The first-order valence-corrected chi connectivity index (χ1v) is 9.51. The molecule has 7 nitrogen and oxygen atoms in total. The lowest BCUT2D eigenvalue weighted by Crippen LogP contribution is -2.39. The minimum Gasteiger partial charge on any atom is -0.494 e. The van der Waals surface area contributed by atoms with Crippen LogP contribution in [0.3, 0.4) is 0 Å². The van der Waals surface area contributed by atoms with Gasteiger partial charge >= 0.3 is 0 Å². The van der Waals surface area contributed by atoms with E-state index in [1.165, 1.54) is 0 Å². The van der Waals surface area contributed by atoms with E-state index in [1.807, 2.05) is 36.4 Å². The molecule has 2 aliphatic heterocycles. The Morgan fingerprint density at radius 2 is 2.00 bits per heavy atom. The first-order valence-electron chi connectivity index (χ1n) is 9.51. The van der Waals surface area contributed by atoms with Gasteiger partial charge in [-0.2, -0.15) is 0 Å². The number of nitrogens with one attached hydrogen (secondary N) is 3. The number of nitrogens with zero attached hydrogens (tertiary/aromatic N) is 1. The molecule has 28 heavy (non-hydrogen) atoms. The Morgan fingerprint density at radius 3 is 2.71 bits per heavy atom. The molecule has 0 spiro atoms. The fraction of sp³-hybridized carbons (Fsp3) is 0.333. The van der Waals surface area contributed by atoms with E-state index < -0.39 is 0 Å². The lowest BCUT2D eigenvalue weighted by molar-refractivity contribution is -0.118. The number of hydrazine groups is 1. The highest BCUT2D eigenvalue weighted by molar-refractivity contribution is 5.98. The van der Waals surface area contributed by atoms with Crippen LogP contribution in [-0.4, -0.2) is 31.5 Å².